The van der Waals surface area contributed by atoms with Crippen molar-refractivity contribution in [2.45, 2.75) is 25.4 Å². The van der Waals surface area contributed by atoms with Gasteiger partial charge in [0.2, 0.25) is 0 Å². The van der Waals surface area contributed by atoms with Crippen LogP contribution in [0.3, 0.4) is 0 Å². The highest BCUT2D eigenvalue weighted by Gasteiger charge is 2.30. The summed E-state index contributed by atoms with van der Waals surface area (Å²) in [5.41, 5.74) is 0.836. The lowest BCUT2D eigenvalue weighted by Crippen LogP contribution is -2.03. The Kier molecular flexibility index (Phi) is 3.87. The second-order valence-corrected chi connectivity index (χ2v) is 5.85. The topological polar surface area (TPSA) is 12.9 Å². The largest absolute Gasteiger partial charge is 0.416 e. The van der Waals surface area contributed by atoms with Crippen LogP contribution in [0.25, 0.3) is 10.6 Å². The van der Waals surface area contributed by atoms with Crippen molar-refractivity contribution in [3.8, 4) is 10.6 Å². The molecule has 19 heavy (non-hydrogen) atoms. The quantitative estimate of drug-likeness (QED) is 0.673. The number of halogens is 4. The Balaban J connectivity index is 2.35. The summed E-state index contributed by atoms with van der Waals surface area (Å²) in [6.45, 7) is 3.69. The molecule has 0 aliphatic carbocycles. The van der Waals surface area contributed by atoms with Gasteiger partial charge in [0.15, 0.2) is 0 Å². The van der Waals surface area contributed by atoms with Crippen molar-refractivity contribution in [1.82, 2.24) is 4.98 Å². The molecule has 0 saturated carbocycles. The van der Waals surface area contributed by atoms with Crippen LogP contribution in [0.1, 0.15) is 28.4 Å². The molecule has 0 amide bonds. The zero-order chi connectivity index (χ0) is 14.2. The summed E-state index contributed by atoms with van der Waals surface area (Å²) in [6, 6.07) is 5.00. The molecule has 0 radical (unpaired) electrons. The van der Waals surface area contributed by atoms with Crippen molar-refractivity contribution in [3.05, 3.63) is 40.4 Å². The summed E-state index contributed by atoms with van der Waals surface area (Å²) >= 11 is 7.43. The molecule has 0 bridgehead atoms. The molecule has 6 heteroatoms. The first kappa shape index (κ1) is 14.3. The van der Waals surface area contributed by atoms with E-state index >= 15 is 0 Å². The molecule has 2 rings (SSSR count). The Morgan fingerprint density at radius 2 is 1.79 bits per heavy atom. The lowest BCUT2D eigenvalue weighted by atomic mass is 10.1. The molecule has 0 saturated heterocycles. The molecular formula is C13H11ClF3NS. The van der Waals surface area contributed by atoms with Gasteiger partial charge in [-0.15, -0.1) is 22.9 Å². The maximum absolute atomic E-state index is 12.5. The Hall–Kier alpha value is -1.07. The van der Waals surface area contributed by atoms with E-state index in [1.807, 2.05) is 13.8 Å². The summed E-state index contributed by atoms with van der Waals surface area (Å²) in [4.78, 5) is 5.29. The normalized spacial score (nSPS) is 13.6. The van der Waals surface area contributed by atoms with Crippen LogP contribution in [0, 0.1) is 6.92 Å². The van der Waals surface area contributed by atoms with Crippen molar-refractivity contribution in [3.63, 3.8) is 0 Å². The fraction of sp³-hybridized carbons (Fsp3) is 0.308. The van der Waals surface area contributed by atoms with Gasteiger partial charge in [0.25, 0.3) is 0 Å². The highest BCUT2D eigenvalue weighted by atomic mass is 35.5. The summed E-state index contributed by atoms with van der Waals surface area (Å²) in [7, 11) is 0. The molecule has 0 unspecified atom stereocenters. The van der Waals surface area contributed by atoms with Crippen molar-refractivity contribution in [1.29, 1.82) is 0 Å². The molecule has 0 aliphatic rings. The molecule has 0 spiro atoms. The SMILES string of the molecule is Cc1nc(-c2ccc(C(F)(F)F)cc2)sc1[C@H](C)Cl. The molecule has 0 fully saturated rings. The molecule has 1 atom stereocenters. The van der Waals surface area contributed by atoms with E-state index in [-0.39, 0.29) is 5.38 Å². The zero-order valence-electron chi connectivity index (χ0n) is 10.3. The minimum atomic E-state index is -4.31. The van der Waals surface area contributed by atoms with Crippen LogP contribution in [0.5, 0.6) is 0 Å². The third-order valence-corrected chi connectivity index (χ3v) is 4.39. The first-order valence-corrected chi connectivity index (χ1v) is 6.83. The minimum absolute atomic E-state index is 0.152. The number of benzene rings is 1. The fourth-order valence-electron chi connectivity index (χ4n) is 1.70. The standard InChI is InChI=1S/C13H11ClF3NS/c1-7(14)11-8(2)18-12(19-11)9-3-5-10(6-4-9)13(15,16)17/h3-7H,1-2H3/t7-/m0/s1. The second kappa shape index (κ2) is 5.13. The van der Waals surface area contributed by atoms with E-state index < -0.39 is 11.7 Å². The summed E-state index contributed by atoms with van der Waals surface area (Å²) in [5.74, 6) is 0. The van der Waals surface area contributed by atoms with E-state index in [4.69, 9.17) is 11.6 Å². The van der Waals surface area contributed by atoms with E-state index in [1.54, 1.807) is 0 Å². The van der Waals surface area contributed by atoms with E-state index in [0.29, 0.717) is 10.6 Å². The average molecular weight is 306 g/mol. The van der Waals surface area contributed by atoms with Crippen LogP contribution in [-0.2, 0) is 6.18 Å². The molecule has 1 aromatic heterocycles. The number of aryl methyl sites for hydroxylation is 1. The van der Waals surface area contributed by atoms with E-state index in [9.17, 15) is 13.2 Å². The number of alkyl halides is 4. The van der Waals surface area contributed by atoms with Gasteiger partial charge < -0.3 is 0 Å². The number of hydrogen-bond donors (Lipinski definition) is 0. The number of thiazole rings is 1. The van der Waals surface area contributed by atoms with Gasteiger partial charge in [-0.1, -0.05) is 12.1 Å². The Morgan fingerprint density at radius 1 is 1.21 bits per heavy atom. The van der Waals surface area contributed by atoms with Crippen molar-refractivity contribution in [2.24, 2.45) is 0 Å². The summed E-state index contributed by atoms with van der Waals surface area (Å²) in [5, 5.41) is 0.537. The molecule has 1 nitrogen and oxygen atoms in total. The minimum Gasteiger partial charge on any atom is -0.241 e. The van der Waals surface area contributed by atoms with Crippen molar-refractivity contribution >= 4 is 22.9 Å². The molecule has 1 aromatic carbocycles. The van der Waals surface area contributed by atoms with Gasteiger partial charge in [0, 0.05) is 10.4 Å². The van der Waals surface area contributed by atoms with Gasteiger partial charge in [-0.25, -0.2) is 4.98 Å². The van der Waals surface area contributed by atoms with Crippen LogP contribution < -0.4 is 0 Å². The van der Waals surface area contributed by atoms with Crippen molar-refractivity contribution < 1.29 is 13.2 Å². The number of nitrogens with zero attached hydrogens (tertiary/aromatic N) is 1. The molecule has 0 aliphatic heterocycles. The van der Waals surface area contributed by atoms with E-state index in [1.165, 1.54) is 23.5 Å². The lowest BCUT2D eigenvalue weighted by Gasteiger charge is -2.06. The smallest absolute Gasteiger partial charge is 0.241 e. The number of aromatic nitrogens is 1. The van der Waals surface area contributed by atoms with E-state index in [2.05, 4.69) is 4.98 Å². The lowest BCUT2D eigenvalue weighted by molar-refractivity contribution is -0.137. The first-order chi connectivity index (χ1) is 8.79. The fourth-order valence-corrected chi connectivity index (χ4v) is 2.99. The van der Waals surface area contributed by atoms with Crippen LogP contribution >= 0.6 is 22.9 Å². The molecule has 2 aromatic rings. The summed E-state index contributed by atoms with van der Waals surface area (Å²) in [6.07, 6.45) is -4.31. The Labute approximate surface area is 118 Å². The zero-order valence-corrected chi connectivity index (χ0v) is 11.8. The Morgan fingerprint density at radius 3 is 2.21 bits per heavy atom. The van der Waals surface area contributed by atoms with Crippen LogP contribution in [0.2, 0.25) is 0 Å². The molecule has 1 heterocycles. The highest BCUT2D eigenvalue weighted by Crippen LogP contribution is 2.35. The first-order valence-electron chi connectivity index (χ1n) is 5.58. The second-order valence-electron chi connectivity index (χ2n) is 4.16. The maximum Gasteiger partial charge on any atom is 0.416 e. The van der Waals surface area contributed by atoms with Gasteiger partial charge in [-0.3, -0.25) is 0 Å². The van der Waals surface area contributed by atoms with Crippen LogP contribution in [0.4, 0.5) is 13.2 Å². The Bertz CT molecular complexity index is 573. The van der Waals surface area contributed by atoms with Gasteiger partial charge in [-0.05, 0) is 26.0 Å². The van der Waals surface area contributed by atoms with E-state index in [0.717, 1.165) is 22.7 Å². The van der Waals surface area contributed by atoms with Gasteiger partial charge in [0.1, 0.15) is 5.01 Å². The van der Waals surface area contributed by atoms with Crippen LogP contribution in [-0.4, -0.2) is 4.98 Å². The van der Waals surface area contributed by atoms with Gasteiger partial charge in [-0.2, -0.15) is 13.2 Å². The van der Waals surface area contributed by atoms with Crippen molar-refractivity contribution in [2.75, 3.05) is 0 Å². The van der Waals surface area contributed by atoms with Gasteiger partial charge >= 0.3 is 6.18 Å². The van der Waals surface area contributed by atoms with Crippen LogP contribution in [0.15, 0.2) is 24.3 Å². The maximum atomic E-state index is 12.5. The third kappa shape index (κ3) is 3.09. The predicted octanol–water partition coefficient (Wildman–Crippen LogP) is 5.44. The summed E-state index contributed by atoms with van der Waals surface area (Å²) < 4.78 is 37.4. The predicted molar refractivity (Wildman–Crippen MR) is 71.6 cm³/mol. The molecule has 102 valence electrons. The number of hydrogen-bond acceptors (Lipinski definition) is 2. The molecule has 0 N–H and O–H groups in total. The molecular weight excluding hydrogens is 295 g/mol. The monoisotopic (exact) mass is 305 g/mol. The number of rotatable bonds is 2. The van der Waals surface area contributed by atoms with Gasteiger partial charge in [0.05, 0.1) is 16.6 Å². The average Bonchev–Trinajstić information content (AvgIpc) is 2.70. The highest BCUT2D eigenvalue weighted by molar-refractivity contribution is 7.15. The third-order valence-electron chi connectivity index (χ3n) is 2.65.